The molecule has 0 aliphatic carbocycles. The minimum absolute atomic E-state index is 0.258. The van der Waals surface area contributed by atoms with Crippen molar-refractivity contribution in [2.45, 2.75) is 6.54 Å². The van der Waals surface area contributed by atoms with Gasteiger partial charge in [0, 0.05) is 11.9 Å². The first kappa shape index (κ1) is 16.6. The van der Waals surface area contributed by atoms with Gasteiger partial charge < -0.3 is 20.1 Å². The number of carbonyl (C=O) groups is 1. The number of hydrogen-bond acceptors (Lipinski definition) is 3. The molecule has 5 heteroatoms. The van der Waals surface area contributed by atoms with E-state index in [4.69, 9.17) is 9.47 Å². The summed E-state index contributed by atoms with van der Waals surface area (Å²) < 4.78 is 10.5. The van der Waals surface area contributed by atoms with Crippen molar-refractivity contribution >= 4 is 22.5 Å². The summed E-state index contributed by atoms with van der Waals surface area (Å²) in [6.07, 6.45) is 0. The number of urea groups is 1. The number of fused-ring (bicyclic) bond motifs is 1. The van der Waals surface area contributed by atoms with E-state index in [2.05, 4.69) is 10.6 Å². The van der Waals surface area contributed by atoms with Crippen LogP contribution in [0.1, 0.15) is 5.56 Å². The fourth-order valence-electron chi connectivity index (χ4n) is 2.67. The Hall–Kier alpha value is -3.21. The molecule has 3 aromatic rings. The molecule has 0 aliphatic rings. The van der Waals surface area contributed by atoms with Gasteiger partial charge >= 0.3 is 6.03 Å². The predicted molar refractivity (Wildman–Crippen MR) is 99.4 cm³/mol. The Balaban J connectivity index is 1.67. The van der Waals surface area contributed by atoms with Gasteiger partial charge in [-0.25, -0.2) is 4.79 Å². The summed E-state index contributed by atoms with van der Waals surface area (Å²) in [5.41, 5.74) is 1.70. The second-order valence-corrected chi connectivity index (χ2v) is 5.52. The topological polar surface area (TPSA) is 59.6 Å². The minimum atomic E-state index is -0.258. The van der Waals surface area contributed by atoms with E-state index in [1.807, 2.05) is 60.7 Å². The summed E-state index contributed by atoms with van der Waals surface area (Å²) in [6, 6.07) is 19.0. The number of nitrogens with one attached hydrogen (secondary N) is 2. The molecule has 2 N–H and O–H groups in total. The molecule has 0 spiro atoms. The summed E-state index contributed by atoms with van der Waals surface area (Å²) in [4.78, 5) is 12.2. The van der Waals surface area contributed by atoms with Crippen LogP contribution in [0.5, 0.6) is 11.5 Å². The van der Waals surface area contributed by atoms with Crippen LogP contribution in [0, 0.1) is 0 Å². The quantitative estimate of drug-likeness (QED) is 0.735. The molecule has 0 bridgehead atoms. The van der Waals surface area contributed by atoms with Crippen molar-refractivity contribution in [3.8, 4) is 11.5 Å². The number of methoxy groups -OCH3 is 2. The molecule has 0 heterocycles. The molecule has 2 amide bonds. The summed E-state index contributed by atoms with van der Waals surface area (Å²) >= 11 is 0. The Morgan fingerprint density at radius 2 is 1.68 bits per heavy atom. The van der Waals surface area contributed by atoms with E-state index in [0.717, 1.165) is 22.0 Å². The lowest BCUT2D eigenvalue weighted by Gasteiger charge is -2.12. The van der Waals surface area contributed by atoms with E-state index < -0.39 is 0 Å². The standard InChI is InChI=1S/C20H20N2O3/c1-24-18-11-10-14(12-19(18)25-2)13-21-20(23)22-17-9-5-7-15-6-3-4-8-16(15)17/h3-12H,13H2,1-2H3,(H2,21,22,23). The monoisotopic (exact) mass is 336 g/mol. The van der Waals surface area contributed by atoms with Crippen molar-refractivity contribution in [1.29, 1.82) is 0 Å². The lowest BCUT2D eigenvalue weighted by Crippen LogP contribution is -2.28. The zero-order valence-corrected chi connectivity index (χ0v) is 14.2. The van der Waals surface area contributed by atoms with Crippen LogP contribution in [0.4, 0.5) is 10.5 Å². The molecule has 0 aromatic heterocycles. The van der Waals surface area contributed by atoms with Crippen molar-refractivity contribution in [2.24, 2.45) is 0 Å². The molecule has 5 nitrogen and oxygen atoms in total. The van der Waals surface area contributed by atoms with Crippen LogP contribution in [-0.2, 0) is 6.54 Å². The van der Waals surface area contributed by atoms with Crippen molar-refractivity contribution in [3.63, 3.8) is 0 Å². The molecule has 3 aromatic carbocycles. The third-order valence-electron chi connectivity index (χ3n) is 3.94. The third-order valence-corrected chi connectivity index (χ3v) is 3.94. The van der Waals surface area contributed by atoms with Gasteiger partial charge in [0.1, 0.15) is 0 Å². The van der Waals surface area contributed by atoms with Crippen LogP contribution in [0.3, 0.4) is 0 Å². The lowest BCUT2D eigenvalue weighted by atomic mass is 10.1. The highest BCUT2D eigenvalue weighted by Crippen LogP contribution is 2.27. The smallest absolute Gasteiger partial charge is 0.319 e. The van der Waals surface area contributed by atoms with Gasteiger partial charge in [-0.05, 0) is 29.1 Å². The molecule has 0 fully saturated rings. The number of anilines is 1. The summed E-state index contributed by atoms with van der Waals surface area (Å²) in [6.45, 7) is 0.386. The Morgan fingerprint density at radius 1 is 0.920 bits per heavy atom. The number of rotatable bonds is 5. The van der Waals surface area contributed by atoms with E-state index in [0.29, 0.717) is 18.0 Å². The average molecular weight is 336 g/mol. The molecule has 0 saturated heterocycles. The van der Waals surface area contributed by atoms with E-state index in [1.165, 1.54) is 0 Å². The molecule has 3 rings (SSSR count). The van der Waals surface area contributed by atoms with Crippen LogP contribution in [0.25, 0.3) is 10.8 Å². The highest BCUT2D eigenvalue weighted by atomic mass is 16.5. The highest BCUT2D eigenvalue weighted by molar-refractivity contribution is 6.01. The van der Waals surface area contributed by atoms with Gasteiger partial charge in [-0.3, -0.25) is 0 Å². The number of benzene rings is 3. The van der Waals surface area contributed by atoms with Gasteiger partial charge in [-0.2, -0.15) is 0 Å². The van der Waals surface area contributed by atoms with Crippen LogP contribution < -0.4 is 20.1 Å². The Kier molecular flexibility index (Phi) is 5.04. The lowest BCUT2D eigenvalue weighted by molar-refractivity contribution is 0.251. The fraction of sp³-hybridized carbons (Fsp3) is 0.150. The van der Waals surface area contributed by atoms with Gasteiger partial charge in [0.25, 0.3) is 0 Å². The first-order valence-corrected chi connectivity index (χ1v) is 7.95. The number of amides is 2. The molecule has 0 radical (unpaired) electrons. The summed E-state index contributed by atoms with van der Waals surface area (Å²) in [5.74, 6) is 1.29. The number of ether oxygens (including phenoxy) is 2. The number of carbonyl (C=O) groups excluding carboxylic acids is 1. The average Bonchev–Trinajstić information content (AvgIpc) is 2.66. The van der Waals surface area contributed by atoms with Gasteiger partial charge in [-0.1, -0.05) is 42.5 Å². The SMILES string of the molecule is COc1ccc(CNC(=O)Nc2cccc3ccccc23)cc1OC. The second kappa shape index (κ2) is 7.57. The van der Waals surface area contributed by atoms with E-state index in [9.17, 15) is 4.79 Å². The van der Waals surface area contributed by atoms with Crippen molar-refractivity contribution in [2.75, 3.05) is 19.5 Å². The summed E-state index contributed by atoms with van der Waals surface area (Å²) in [5, 5.41) is 7.84. The van der Waals surface area contributed by atoms with Crippen LogP contribution in [-0.4, -0.2) is 20.3 Å². The maximum Gasteiger partial charge on any atom is 0.319 e. The Morgan fingerprint density at radius 3 is 2.48 bits per heavy atom. The summed E-state index contributed by atoms with van der Waals surface area (Å²) in [7, 11) is 3.18. The molecular weight excluding hydrogens is 316 g/mol. The van der Waals surface area contributed by atoms with Crippen molar-refractivity contribution in [1.82, 2.24) is 5.32 Å². The van der Waals surface area contributed by atoms with Crippen molar-refractivity contribution in [3.05, 3.63) is 66.2 Å². The first-order chi connectivity index (χ1) is 12.2. The molecule has 128 valence electrons. The van der Waals surface area contributed by atoms with Gasteiger partial charge in [-0.15, -0.1) is 0 Å². The van der Waals surface area contributed by atoms with Gasteiger partial charge in [0.15, 0.2) is 11.5 Å². The molecular formula is C20H20N2O3. The number of hydrogen-bond donors (Lipinski definition) is 2. The van der Waals surface area contributed by atoms with E-state index in [1.54, 1.807) is 14.2 Å². The third kappa shape index (κ3) is 3.83. The maximum absolute atomic E-state index is 12.2. The van der Waals surface area contributed by atoms with Crippen LogP contribution >= 0.6 is 0 Å². The highest BCUT2D eigenvalue weighted by Gasteiger charge is 2.07. The molecule has 0 unspecified atom stereocenters. The van der Waals surface area contributed by atoms with Crippen molar-refractivity contribution < 1.29 is 14.3 Å². The largest absolute Gasteiger partial charge is 0.493 e. The zero-order valence-electron chi connectivity index (χ0n) is 14.2. The van der Waals surface area contributed by atoms with Gasteiger partial charge in [0.05, 0.1) is 19.9 Å². The second-order valence-electron chi connectivity index (χ2n) is 5.52. The normalized spacial score (nSPS) is 10.3. The predicted octanol–water partition coefficient (Wildman–Crippen LogP) is 4.18. The molecule has 0 saturated carbocycles. The Labute approximate surface area is 146 Å². The maximum atomic E-state index is 12.2. The zero-order chi connectivity index (χ0) is 17.6. The Bertz CT molecular complexity index is 888. The first-order valence-electron chi connectivity index (χ1n) is 7.95. The van der Waals surface area contributed by atoms with E-state index in [-0.39, 0.29) is 6.03 Å². The fourth-order valence-corrected chi connectivity index (χ4v) is 2.67. The molecule has 0 atom stereocenters. The molecule has 25 heavy (non-hydrogen) atoms. The van der Waals surface area contributed by atoms with Crippen LogP contribution in [0.2, 0.25) is 0 Å². The van der Waals surface area contributed by atoms with Gasteiger partial charge in [0.2, 0.25) is 0 Å². The molecule has 0 aliphatic heterocycles. The minimum Gasteiger partial charge on any atom is -0.493 e. The van der Waals surface area contributed by atoms with Crippen LogP contribution in [0.15, 0.2) is 60.7 Å². The van der Waals surface area contributed by atoms with E-state index >= 15 is 0 Å².